The summed E-state index contributed by atoms with van der Waals surface area (Å²) in [7, 11) is 0. The Labute approximate surface area is 132 Å². The van der Waals surface area contributed by atoms with E-state index in [1.807, 2.05) is 13.8 Å². The summed E-state index contributed by atoms with van der Waals surface area (Å²) in [6.07, 6.45) is 0.217. The molecule has 0 aliphatic heterocycles. The predicted octanol–water partition coefficient (Wildman–Crippen LogP) is 3.91. The van der Waals surface area contributed by atoms with Gasteiger partial charge in [0, 0.05) is 11.4 Å². The molecule has 1 aromatic heterocycles. The van der Waals surface area contributed by atoms with Crippen molar-refractivity contribution < 1.29 is 9.18 Å². The Morgan fingerprint density at radius 1 is 1.43 bits per heavy atom. The Morgan fingerprint density at radius 3 is 2.81 bits per heavy atom. The van der Waals surface area contributed by atoms with Crippen LogP contribution in [0, 0.1) is 12.7 Å². The minimum atomic E-state index is -0.303. The van der Waals surface area contributed by atoms with Gasteiger partial charge in [0.1, 0.15) is 11.6 Å². The van der Waals surface area contributed by atoms with Crippen molar-refractivity contribution in [3.8, 4) is 0 Å². The van der Waals surface area contributed by atoms with Crippen LogP contribution in [0.25, 0.3) is 0 Å². The second-order valence-electron chi connectivity index (χ2n) is 4.60. The second kappa shape index (κ2) is 7.09. The Balaban J connectivity index is 2.01. The molecule has 0 aliphatic rings. The molecular weight excluding hydrogens is 311 g/mol. The highest BCUT2D eigenvalue weighted by Crippen LogP contribution is 2.24. The van der Waals surface area contributed by atoms with Gasteiger partial charge < -0.3 is 0 Å². The molecule has 0 saturated carbocycles. The van der Waals surface area contributed by atoms with E-state index in [4.69, 9.17) is 11.6 Å². The highest BCUT2D eigenvalue weighted by molar-refractivity contribution is 8.00. The predicted molar refractivity (Wildman–Crippen MR) is 83.5 cm³/mol. The second-order valence-corrected chi connectivity index (χ2v) is 5.99. The number of hydrogen-bond acceptors (Lipinski definition) is 3. The van der Waals surface area contributed by atoms with Gasteiger partial charge in [0.25, 0.3) is 0 Å². The van der Waals surface area contributed by atoms with Crippen LogP contribution in [0.3, 0.4) is 0 Å². The highest BCUT2D eigenvalue weighted by Gasteiger charge is 2.16. The van der Waals surface area contributed by atoms with Crippen molar-refractivity contribution in [1.82, 2.24) is 9.78 Å². The summed E-state index contributed by atoms with van der Waals surface area (Å²) in [5, 5.41) is 4.82. The molecule has 3 nitrogen and oxygen atoms in total. The van der Waals surface area contributed by atoms with E-state index in [-0.39, 0.29) is 23.8 Å². The Hall–Kier alpha value is -1.33. The Morgan fingerprint density at radius 2 is 2.14 bits per heavy atom. The molecule has 1 heterocycles. The van der Waals surface area contributed by atoms with Crippen molar-refractivity contribution in [3.63, 3.8) is 0 Å². The van der Waals surface area contributed by atoms with Gasteiger partial charge in [0.15, 0.2) is 0 Å². The molecule has 0 fully saturated rings. The van der Waals surface area contributed by atoms with Crippen LogP contribution in [0.15, 0.2) is 29.2 Å². The number of rotatable bonds is 6. The van der Waals surface area contributed by atoms with Crippen molar-refractivity contribution >= 4 is 29.1 Å². The number of carbonyl (C=O) groups is 1. The number of ketones is 1. The SMILES string of the molecule is CCn1nc(C)c(Cl)c1CC(=O)CSc1ccccc1F. The van der Waals surface area contributed by atoms with Gasteiger partial charge in [0.05, 0.1) is 28.6 Å². The summed E-state index contributed by atoms with van der Waals surface area (Å²) < 4.78 is 15.2. The van der Waals surface area contributed by atoms with Gasteiger partial charge in [-0.05, 0) is 26.0 Å². The summed E-state index contributed by atoms with van der Waals surface area (Å²) in [6, 6.07) is 6.44. The first-order valence-electron chi connectivity index (χ1n) is 6.63. The maximum Gasteiger partial charge on any atom is 0.149 e. The van der Waals surface area contributed by atoms with Gasteiger partial charge in [-0.25, -0.2) is 4.39 Å². The Kier molecular flexibility index (Phi) is 5.42. The van der Waals surface area contributed by atoms with E-state index in [2.05, 4.69) is 5.10 Å². The fraction of sp³-hybridized carbons (Fsp3) is 0.333. The summed E-state index contributed by atoms with van der Waals surface area (Å²) in [5.74, 6) is -0.0897. The number of nitrogens with zero attached hydrogens (tertiary/aromatic N) is 2. The lowest BCUT2D eigenvalue weighted by atomic mass is 10.2. The standard InChI is InChI=1S/C15H16ClFN2OS/c1-3-19-13(15(16)10(2)18-19)8-11(20)9-21-14-7-5-4-6-12(14)17/h4-7H,3,8-9H2,1-2H3. The average Bonchev–Trinajstić information content (AvgIpc) is 2.74. The molecule has 0 spiro atoms. The first kappa shape index (κ1) is 16.0. The molecule has 2 aromatic rings. The van der Waals surface area contributed by atoms with Gasteiger partial charge >= 0.3 is 0 Å². The highest BCUT2D eigenvalue weighted by atomic mass is 35.5. The zero-order chi connectivity index (χ0) is 15.4. The molecule has 21 heavy (non-hydrogen) atoms. The molecule has 0 unspecified atom stereocenters. The van der Waals surface area contributed by atoms with Crippen LogP contribution >= 0.6 is 23.4 Å². The third-order valence-corrected chi connectivity index (χ3v) is 4.64. The number of Topliss-reactive ketones (excluding diaryl/α,β-unsaturated/α-hetero) is 1. The molecule has 0 aliphatic carbocycles. The molecule has 0 amide bonds. The van der Waals surface area contributed by atoms with E-state index in [0.29, 0.717) is 16.5 Å². The smallest absolute Gasteiger partial charge is 0.149 e. The zero-order valence-electron chi connectivity index (χ0n) is 11.9. The van der Waals surface area contributed by atoms with Crippen LogP contribution in [-0.4, -0.2) is 21.3 Å². The van der Waals surface area contributed by atoms with Crippen molar-refractivity contribution in [2.24, 2.45) is 0 Å². The van der Waals surface area contributed by atoms with Crippen LogP contribution in [0.1, 0.15) is 18.3 Å². The summed E-state index contributed by atoms with van der Waals surface area (Å²) >= 11 is 7.38. The molecule has 112 valence electrons. The lowest BCUT2D eigenvalue weighted by molar-refractivity contribution is -0.116. The fourth-order valence-corrected chi connectivity index (χ4v) is 3.00. The lowest BCUT2D eigenvalue weighted by Crippen LogP contribution is -2.11. The molecule has 0 atom stereocenters. The topological polar surface area (TPSA) is 34.9 Å². The largest absolute Gasteiger partial charge is 0.298 e. The molecule has 6 heteroatoms. The van der Waals surface area contributed by atoms with E-state index < -0.39 is 0 Å². The lowest BCUT2D eigenvalue weighted by Gasteiger charge is -2.05. The minimum absolute atomic E-state index is 0.000229. The van der Waals surface area contributed by atoms with Crippen molar-refractivity contribution in [1.29, 1.82) is 0 Å². The summed E-state index contributed by atoms with van der Waals surface area (Å²) in [4.78, 5) is 12.6. The van der Waals surface area contributed by atoms with E-state index >= 15 is 0 Å². The van der Waals surface area contributed by atoms with E-state index in [1.165, 1.54) is 17.8 Å². The van der Waals surface area contributed by atoms with E-state index in [9.17, 15) is 9.18 Å². The van der Waals surface area contributed by atoms with Crippen molar-refractivity contribution in [2.45, 2.75) is 31.7 Å². The molecule has 2 rings (SSSR count). The van der Waals surface area contributed by atoms with Crippen LogP contribution < -0.4 is 0 Å². The normalized spacial score (nSPS) is 10.9. The van der Waals surface area contributed by atoms with Crippen LogP contribution in [0.5, 0.6) is 0 Å². The van der Waals surface area contributed by atoms with Gasteiger partial charge in [-0.1, -0.05) is 23.7 Å². The maximum atomic E-state index is 13.5. The Bertz CT molecular complexity index is 657. The van der Waals surface area contributed by atoms with Crippen molar-refractivity contribution in [3.05, 3.63) is 46.5 Å². The third kappa shape index (κ3) is 3.86. The van der Waals surface area contributed by atoms with Gasteiger partial charge in [-0.15, -0.1) is 11.8 Å². The summed E-state index contributed by atoms with van der Waals surface area (Å²) in [6.45, 7) is 4.43. The first-order valence-corrected chi connectivity index (χ1v) is 8.00. The monoisotopic (exact) mass is 326 g/mol. The van der Waals surface area contributed by atoms with E-state index in [1.54, 1.807) is 22.9 Å². The van der Waals surface area contributed by atoms with Gasteiger partial charge in [0.2, 0.25) is 0 Å². The fourth-order valence-electron chi connectivity index (χ4n) is 2.00. The average molecular weight is 327 g/mol. The molecule has 0 N–H and O–H groups in total. The zero-order valence-corrected chi connectivity index (χ0v) is 13.5. The maximum absolute atomic E-state index is 13.5. The van der Waals surface area contributed by atoms with E-state index in [0.717, 1.165) is 11.4 Å². The number of aromatic nitrogens is 2. The quantitative estimate of drug-likeness (QED) is 0.755. The number of benzene rings is 1. The van der Waals surface area contributed by atoms with Gasteiger partial charge in [-0.2, -0.15) is 5.10 Å². The number of halogens is 2. The minimum Gasteiger partial charge on any atom is -0.298 e. The summed E-state index contributed by atoms with van der Waals surface area (Å²) in [5.41, 5.74) is 1.46. The molecular formula is C15H16ClFN2OS. The third-order valence-electron chi connectivity index (χ3n) is 3.04. The van der Waals surface area contributed by atoms with Crippen LogP contribution in [-0.2, 0) is 17.8 Å². The van der Waals surface area contributed by atoms with Crippen LogP contribution in [0.4, 0.5) is 4.39 Å². The molecule has 0 bridgehead atoms. The number of thioether (sulfide) groups is 1. The number of carbonyl (C=O) groups excluding carboxylic acids is 1. The van der Waals surface area contributed by atoms with Crippen molar-refractivity contribution in [2.75, 3.05) is 5.75 Å². The molecule has 1 aromatic carbocycles. The molecule has 0 radical (unpaired) electrons. The number of hydrogen-bond donors (Lipinski definition) is 0. The van der Waals surface area contributed by atoms with Crippen LogP contribution in [0.2, 0.25) is 5.02 Å². The number of aryl methyl sites for hydroxylation is 2. The first-order chi connectivity index (χ1) is 10.0. The van der Waals surface area contributed by atoms with Gasteiger partial charge in [-0.3, -0.25) is 9.48 Å². The molecule has 0 saturated heterocycles.